The van der Waals surface area contributed by atoms with Gasteiger partial charge in [-0.05, 0) is 35.9 Å². The maximum Gasteiger partial charge on any atom is 0.292 e. The molecule has 0 aromatic heterocycles. The van der Waals surface area contributed by atoms with E-state index in [2.05, 4.69) is 0 Å². The van der Waals surface area contributed by atoms with Gasteiger partial charge >= 0.3 is 0 Å². The number of imide groups is 1. The van der Waals surface area contributed by atoms with E-state index in [4.69, 9.17) is 16.7 Å². The molecule has 9 heteroatoms. The summed E-state index contributed by atoms with van der Waals surface area (Å²) in [4.78, 5) is 26.1. The SMILES string of the molecule is NS(=O)(=O)c1ccc(CC[NH2+]C2CC(=O)N(c3cccc(Cl)c3)C2=O)cc1. The molecule has 1 atom stereocenters. The summed E-state index contributed by atoms with van der Waals surface area (Å²) in [5.74, 6) is -0.507. The van der Waals surface area contributed by atoms with Crippen molar-refractivity contribution in [1.29, 1.82) is 0 Å². The van der Waals surface area contributed by atoms with Gasteiger partial charge in [0, 0.05) is 11.4 Å². The van der Waals surface area contributed by atoms with Gasteiger partial charge in [0.1, 0.15) is 0 Å². The Hall–Kier alpha value is -2.26. The minimum atomic E-state index is -3.71. The molecule has 1 aliphatic heterocycles. The fraction of sp³-hybridized carbons (Fsp3) is 0.222. The molecule has 1 saturated heterocycles. The smallest absolute Gasteiger partial charge is 0.292 e. The number of sulfonamides is 1. The van der Waals surface area contributed by atoms with Crippen molar-refractivity contribution in [3.05, 3.63) is 59.1 Å². The molecular formula is C18H19ClN3O4S+. The Kier molecular flexibility index (Phi) is 5.61. The number of benzene rings is 2. The number of carbonyl (C=O) groups is 2. The van der Waals surface area contributed by atoms with Crippen molar-refractivity contribution in [3.63, 3.8) is 0 Å². The van der Waals surface area contributed by atoms with Crippen LogP contribution in [-0.4, -0.2) is 32.8 Å². The number of nitrogens with two attached hydrogens (primary N) is 2. The van der Waals surface area contributed by atoms with Gasteiger partial charge in [-0.2, -0.15) is 0 Å². The highest BCUT2D eigenvalue weighted by Crippen LogP contribution is 2.24. The van der Waals surface area contributed by atoms with Crippen LogP contribution in [0.3, 0.4) is 0 Å². The molecule has 0 radical (unpaired) electrons. The minimum absolute atomic E-state index is 0.0592. The average molecular weight is 409 g/mol. The number of hydrogen-bond acceptors (Lipinski definition) is 4. The monoisotopic (exact) mass is 408 g/mol. The summed E-state index contributed by atoms with van der Waals surface area (Å²) in [6.45, 7) is 0.585. The van der Waals surface area contributed by atoms with E-state index in [1.54, 1.807) is 36.4 Å². The van der Waals surface area contributed by atoms with Crippen molar-refractivity contribution in [2.45, 2.75) is 23.8 Å². The average Bonchev–Trinajstić information content (AvgIpc) is 2.88. The van der Waals surface area contributed by atoms with E-state index in [-0.39, 0.29) is 23.1 Å². The van der Waals surface area contributed by atoms with Gasteiger partial charge < -0.3 is 5.32 Å². The third-order valence-corrected chi connectivity index (χ3v) is 5.55. The van der Waals surface area contributed by atoms with E-state index in [1.165, 1.54) is 17.0 Å². The van der Waals surface area contributed by atoms with Crippen molar-refractivity contribution in [2.75, 3.05) is 11.4 Å². The second-order valence-electron chi connectivity index (χ2n) is 6.32. The lowest BCUT2D eigenvalue weighted by atomic mass is 10.1. The molecule has 7 nitrogen and oxygen atoms in total. The van der Waals surface area contributed by atoms with Gasteiger partial charge in [-0.3, -0.25) is 9.59 Å². The lowest BCUT2D eigenvalue weighted by Gasteiger charge is -2.14. The predicted molar refractivity (Wildman–Crippen MR) is 101 cm³/mol. The van der Waals surface area contributed by atoms with E-state index in [0.717, 1.165) is 5.56 Å². The largest absolute Gasteiger partial charge is 0.335 e. The number of hydrogen-bond donors (Lipinski definition) is 2. The van der Waals surface area contributed by atoms with Crippen LogP contribution in [0.25, 0.3) is 0 Å². The van der Waals surface area contributed by atoms with Gasteiger partial charge in [0.05, 0.1) is 23.5 Å². The van der Waals surface area contributed by atoms with Crippen LogP contribution in [0.2, 0.25) is 5.02 Å². The molecule has 0 saturated carbocycles. The maximum atomic E-state index is 12.6. The van der Waals surface area contributed by atoms with Gasteiger partial charge in [0.25, 0.3) is 5.91 Å². The van der Waals surface area contributed by atoms with E-state index in [0.29, 0.717) is 23.7 Å². The van der Waals surface area contributed by atoms with Crippen molar-refractivity contribution >= 4 is 39.1 Å². The topological polar surface area (TPSA) is 114 Å². The van der Waals surface area contributed by atoms with Gasteiger partial charge in [-0.1, -0.05) is 29.8 Å². The number of amides is 2. The number of quaternary nitrogens is 1. The highest BCUT2D eigenvalue weighted by atomic mass is 35.5. The van der Waals surface area contributed by atoms with Crippen LogP contribution in [-0.2, 0) is 26.0 Å². The van der Waals surface area contributed by atoms with Crippen LogP contribution in [0.15, 0.2) is 53.4 Å². The number of anilines is 1. The normalized spacial score (nSPS) is 17.6. The Bertz CT molecular complexity index is 976. The fourth-order valence-corrected chi connectivity index (χ4v) is 3.72. The molecule has 1 fully saturated rings. The Morgan fingerprint density at radius 3 is 2.48 bits per heavy atom. The fourth-order valence-electron chi connectivity index (χ4n) is 3.02. The molecule has 142 valence electrons. The Morgan fingerprint density at radius 2 is 1.85 bits per heavy atom. The molecule has 3 rings (SSSR count). The predicted octanol–water partition coefficient (Wildman–Crippen LogP) is 0.425. The molecule has 1 aliphatic rings. The Morgan fingerprint density at radius 1 is 1.15 bits per heavy atom. The summed E-state index contributed by atoms with van der Waals surface area (Å²) in [5, 5.41) is 7.37. The van der Waals surface area contributed by atoms with E-state index < -0.39 is 16.1 Å². The van der Waals surface area contributed by atoms with Crippen LogP contribution in [0, 0.1) is 0 Å². The number of carbonyl (C=O) groups excluding carboxylic acids is 2. The number of nitrogens with zero attached hydrogens (tertiary/aromatic N) is 1. The Balaban J connectivity index is 1.59. The second kappa shape index (κ2) is 7.77. The number of primary sulfonamides is 1. The van der Waals surface area contributed by atoms with Crippen molar-refractivity contribution < 1.29 is 23.3 Å². The van der Waals surface area contributed by atoms with Crippen LogP contribution < -0.4 is 15.4 Å². The first-order valence-electron chi connectivity index (χ1n) is 8.33. The third-order valence-electron chi connectivity index (χ3n) is 4.38. The standard InChI is InChI=1S/C18H18ClN3O4S/c19-13-2-1-3-14(10-13)22-17(23)11-16(18(22)24)21-9-8-12-4-6-15(7-5-12)27(20,25)26/h1-7,10,16,21H,8-9,11H2,(H2,20,25,26)/p+1. The van der Waals surface area contributed by atoms with Crippen LogP contribution >= 0.6 is 11.6 Å². The van der Waals surface area contributed by atoms with E-state index >= 15 is 0 Å². The molecule has 1 heterocycles. The molecule has 0 bridgehead atoms. The van der Waals surface area contributed by atoms with Gasteiger partial charge in [-0.25, -0.2) is 18.5 Å². The maximum absolute atomic E-state index is 12.6. The zero-order valence-corrected chi connectivity index (χ0v) is 15.9. The molecule has 2 aromatic carbocycles. The zero-order valence-electron chi connectivity index (χ0n) is 14.3. The van der Waals surface area contributed by atoms with Crippen LogP contribution in [0.4, 0.5) is 5.69 Å². The summed E-state index contributed by atoms with van der Waals surface area (Å²) in [5.41, 5.74) is 1.40. The van der Waals surface area contributed by atoms with Crippen molar-refractivity contribution in [3.8, 4) is 0 Å². The molecule has 2 amide bonds. The summed E-state index contributed by atoms with van der Waals surface area (Å²) >= 11 is 5.94. The highest BCUT2D eigenvalue weighted by molar-refractivity contribution is 7.89. The molecule has 2 aromatic rings. The summed E-state index contributed by atoms with van der Waals surface area (Å²) < 4.78 is 22.5. The first-order chi connectivity index (χ1) is 12.8. The van der Waals surface area contributed by atoms with Gasteiger partial charge in [0.2, 0.25) is 15.9 Å². The zero-order chi connectivity index (χ0) is 19.6. The molecule has 4 N–H and O–H groups in total. The van der Waals surface area contributed by atoms with E-state index in [9.17, 15) is 18.0 Å². The minimum Gasteiger partial charge on any atom is -0.335 e. The highest BCUT2D eigenvalue weighted by Gasteiger charge is 2.42. The third kappa shape index (κ3) is 4.54. The van der Waals surface area contributed by atoms with E-state index in [1.807, 2.05) is 5.32 Å². The van der Waals surface area contributed by atoms with Gasteiger partial charge in [-0.15, -0.1) is 0 Å². The Labute approximate surface area is 162 Å². The van der Waals surface area contributed by atoms with Crippen molar-refractivity contribution in [1.82, 2.24) is 0 Å². The van der Waals surface area contributed by atoms with Gasteiger partial charge in [0.15, 0.2) is 6.04 Å². The number of halogens is 1. The molecule has 0 aliphatic carbocycles. The summed E-state index contributed by atoms with van der Waals surface area (Å²) in [6, 6.07) is 12.5. The lowest BCUT2D eigenvalue weighted by Crippen LogP contribution is -2.92. The molecular weight excluding hydrogens is 390 g/mol. The van der Waals surface area contributed by atoms with Crippen molar-refractivity contribution in [2.24, 2.45) is 5.14 Å². The first kappa shape index (κ1) is 19.5. The first-order valence-corrected chi connectivity index (χ1v) is 10.3. The second-order valence-corrected chi connectivity index (χ2v) is 8.32. The quantitative estimate of drug-likeness (QED) is 0.674. The van der Waals surface area contributed by atoms with Crippen LogP contribution in [0.1, 0.15) is 12.0 Å². The lowest BCUT2D eigenvalue weighted by molar-refractivity contribution is -0.674. The molecule has 0 spiro atoms. The summed E-state index contributed by atoms with van der Waals surface area (Å²) in [7, 11) is -3.71. The van der Waals surface area contributed by atoms with Crippen LogP contribution in [0.5, 0.6) is 0 Å². The molecule has 27 heavy (non-hydrogen) atoms. The summed E-state index contributed by atoms with van der Waals surface area (Å²) in [6.07, 6.45) is 0.760. The molecule has 1 unspecified atom stereocenters. The number of rotatable bonds is 6.